The highest BCUT2D eigenvalue weighted by Crippen LogP contribution is 2.42. The molecule has 0 unspecified atom stereocenters. The highest BCUT2D eigenvalue weighted by molar-refractivity contribution is 5.97. The van der Waals surface area contributed by atoms with Crippen molar-refractivity contribution in [3.63, 3.8) is 0 Å². The average Bonchev–Trinajstić information content (AvgIpc) is 3.19. The first kappa shape index (κ1) is 21.6. The lowest BCUT2D eigenvalue weighted by molar-refractivity contribution is 0.0421. The van der Waals surface area contributed by atoms with E-state index in [9.17, 15) is 4.79 Å². The SMILES string of the molecule is Cc1nc(-c2cc(C(=O)N3CCC(F)(c4ccc(N)cc4)CC3)c(C)cc2C2CCC2)n[nH]1. The van der Waals surface area contributed by atoms with Gasteiger partial charge in [0, 0.05) is 42.7 Å². The number of rotatable bonds is 4. The maximum absolute atomic E-state index is 15.6. The standard InChI is InChI=1S/C26H30FN5O/c1-16-14-22(18-4-3-5-18)23(24-29-17(2)30-31-24)15-21(16)25(33)32-12-10-26(27,11-13-32)19-6-8-20(28)9-7-19/h6-9,14-15,18H,3-5,10-13,28H2,1-2H3,(H,29,30,31). The van der Waals surface area contributed by atoms with Crippen LogP contribution in [0.3, 0.4) is 0 Å². The number of amides is 1. The van der Waals surface area contributed by atoms with Gasteiger partial charge in [0.15, 0.2) is 5.82 Å². The lowest BCUT2D eigenvalue weighted by atomic mass is 9.77. The number of aryl methyl sites for hydroxylation is 2. The fraction of sp³-hybridized carbons (Fsp3) is 0.423. The van der Waals surface area contributed by atoms with Crippen molar-refractivity contribution in [2.75, 3.05) is 18.8 Å². The Balaban J connectivity index is 1.40. The number of halogens is 1. The molecule has 0 radical (unpaired) electrons. The number of nitrogens with zero attached hydrogens (tertiary/aromatic N) is 3. The molecular weight excluding hydrogens is 417 g/mol. The van der Waals surface area contributed by atoms with Crippen molar-refractivity contribution >= 4 is 11.6 Å². The quantitative estimate of drug-likeness (QED) is 0.549. The Hall–Kier alpha value is -3.22. The van der Waals surface area contributed by atoms with Crippen LogP contribution in [0.1, 0.15) is 70.9 Å². The van der Waals surface area contributed by atoms with Crippen molar-refractivity contribution in [3.05, 3.63) is 64.5 Å². The molecular formula is C26H30FN5O. The van der Waals surface area contributed by atoms with Gasteiger partial charge in [-0.3, -0.25) is 9.89 Å². The molecule has 6 nitrogen and oxygen atoms in total. The molecule has 3 aromatic rings. The number of alkyl halides is 1. The van der Waals surface area contributed by atoms with Crippen LogP contribution in [0.25, 0.3) is 11.4 Å². The number of nitrogens with one attached hydrogen (secondary N) is 1. The van der Waals surface area contributed by atoms with Crippen molar-refractivity contribution in [1.82, 2.24) is 20.1 Å². The molecule has 1 aliphatic heterocycles. The number of nitrogens with two attached hydrogens (primary N) is 1. The van der Waals surface area contributed by atoms with Crippen LogP contribution in [0.4, 0.5) is 10.1 Å². The molecule has 2 aromatic carbocycles. The van der Waals surface area contributed by atoms with E-state index in [1.54, 1.807) is 29.2 Å². The molecule has 7 heteroatoms. The van der Waals surface area contributed by atoms with Gasteiger partial charge in [0.25, 0.3) is 5.91 Å². The molecule has 2 aliphatic rings. The van der Waals surface area contributed by atoms with Crippen LogP contribution in [-0.2, 0) is 5.67 Å². The Morgan fingerprint density at radius 3 is 2.42 bits per heavy atom. The lowest BCUT2D eigenvalue weighted by Crippen LogP contribution is -2.43. The van der Waals surface area contributed by atoms with Crippen molar-refractivity contribution in [1.29, 1.82) is 0 Å². The molecule has 3 N–H and O–H groups in total. The Labute approximate surface area is 193 Å². The minimum Gasteiger partial charge on any atom is -0.399 e. The number of hydrogen-bond donors (Lipinski definition) is 2. The van der Waals surface area contributed by atoms with E-state index in [0.29, 0.717) is 41.6 Å². The molecule has 2 heterocycles. The zero-order valence-electron chi connectivity index (χ0n) is 19.2. The third kappa shape index (κ3) is 4.01. The third-order valence-corrected chi connectivity index (χ3v) is 7.28. The maximum atomic E-state index is 15.6. The largest absolute Gasteiger partial charge is 0.399 e. The molecule has 1 aromatic heterocycles. The number of benzene rings is 2. The van der Waals surface area contributed by atoms with E-state index in [-0.39, 0.29) is 18.7 Å². The summed E-state index contributed by atoms with van der Waals surface area (Å²) in [5.41, 5.74) is 9.31. The summed E-state index contributed by atoms with van der Waals surface area (Å²) in [5, 5.41) is 7.29. The molecule has 0 atom stereocenters. The summed E-state index contributed by atoms with van der Waals surface area (Å²) in [4.78, 5) is 19.8. The zero-order valence-corrected chi connectivity index (χ0v) is 19.2. The van der Waals surface area contributed by atoms with E-state index in [1.165, 1.54) is 12.0 Å². The summed E-state index contributed by atoms with van der Waals surface area (Å²) < 4.78 is 15.6. The summed E-state index contributed by atoms with van der Waals surface area (Å²) in [6, 6.07) is 11.0. The van der Waals surface area contributed by atoms with Gasteiger partial charge in [0.2, 0.25) is 0 Å². The van der Waals surface area contributed by atoms with Gasteiger partial charge in [-0.15, -0.1) is 0 Å². The van der Waals surface area contributed by atoms with Crippen molar-refractivity contribution in [3.8, 4) is 11.4 Å². The second kappa shape index (κ2) is 8.28. The van der Waals surface area contributed by atoms with Crippen LogP contribution in [0, 0.1) is 13.8 Å². The van der Waals surface area contributed by atoms with Gasteiger partial charge >= 0.3 is 0 Å². The number of likely N-dealkylation sites (tertiary alicyclic amines) is 1. The number of aromatic amines is 1. The third-order valence-electron chi connectivity index (χ3n) is 7.28. The molecule has 1 saturated carbocycles. The molecule has 0 spiro atoms. The van der Waals surface area contributed by atoms with E-state index < -0.39 is 5.67 Å². The van der Waals surface area contributed by atoms with E-state index >= 15 is 4.39 Å². The maximum Gasteiger partial charge on any atom is 0.254 e. The van der Waals surface area contributed by atoms with Gasteiger partial charge < -0.3 is 10.6 Å². The van der Waals surface area contributed by atoms with Gasteiger partial charge in [0.1, 0.15) is 11.5 Å². The Bertz CT molecular complexity index is 1170. The predicted octanol–water partition coefficient (Wildman–Crippen LogP) is 5.04. The first-order valence-corrected chi connectivity index (χ1v) is 11.7. The second-order valence-electron chi connectivity index (χ2n) is 9.51. The lowest BCUT2D eigenvalue weighted by Gasteiger charge is -2.37. The van der Waals surface area contributed by atoms with Gasteiger partial charge in [0.05, 0.1) is 0 Å². The topological polar surface area (TPSA) is 87.9 Å². The van der Waals surface area contributed by atoms with E-state index in [4.69, 9.17) is 5.73 Å². The molecule has 2 fully saturated rings. The van der Waals surface area contributed by atoms with Crippen molar-refractivity contribution < 1.29 is 9.18 Å². The fourth-order valence-electron chi connectivity index (χ4n) is 4.98. The number of carbonyl (C=O) groups excluding carboxylic acids is 1. The molecule has 1 amide bonds. The van der Waals surface area contributed by atoms with Crippen LogP contribution in [0.2, 0.25) is 0 Å². The first-order chi connectivity index (χ1) is 15.8. The number of aromatic nitrogens is 3. The Morgan fingerprint density at radius 2 is 1.85 bits per heavy atom. The summed E-state index contributed by atoms with van der Waals surface area (Å²) in [6.45, 7) is 4.61. The summed E-state index contributed by atoms with van der Waals surface area (Å²) >= 11 is 0. The zero-order chi connectivity index (χ0) is 23.2. The molecule has 1 saturated heterocycles. The van der Waals surface area contributed by atoms with E-state index in [0.717, 1.165) is 29.8 Å². The smallest absolute Gasteiger partial charge is 0.254 e. The average molecular weight is 448 g/mol. The normalized spacial score (nSPS) is 18.2. The van der Waals surface area contributed by atoms with E-state index in [1.807, 2.05) is 19.9 Å². The number of H-pyrrole nitrogens is 1. The summed E-state index contributed by atoms with van der Waals surface area (Å²) in [7, 11) is 0. The number of carbonyl (C=O) groups is 1. The van der Waals surface area contributed by atoms with Crippen LogP contribution < -0.4 is 5.73 Å². The minimum absolute atomic E-state index is 0.0551. The van der Waals surface area contributed by atoms with Gasteiger partial charge in [-0.1, -0.05) is 24.6 Å². The highest BCUT2D eigenvalue weighted by Gasteiger charge is 2.38. The Kier molecular flexibility index (Phi) is 5.43. The number of hydrogen-bond acceptors (Lipinski definition) is 4. The molecule has 33 heavy (non-hydrogen) atoms. The van der Waals surface area contributed by atoms with Crippen LogP contribution >= 0.6 is 0 Å². The summed E-state index contributed by atoms with van der Waals surface area (Å²) in [6.07, 6.45) is 4.07. The molecule has 0 bridgehead atoms. The molecule has 1 aliphatic carbocycles. The fourth-order valence-corrected chi connectivity index (χ4v) is 4.98. The monoisotopic (exact) mass is 447 g/mol. The van der Waals surface area contributed by atoms with E-state index in [2.05, 4.69) is 21.2 Å². The number of piperidine rings is 1. The van der Waals surface area contributed by atoms with Crippen LogP contribution in [-0.4, -0.2) is 39.1 Å². The highest BCUT2D eigenvalue weighted by atomic mass is 19.1. The van der Waals surface area contributed by atoms with Crippen LogP contribution in [0.5, 0.6) is 0 Å². The summed E-state index contributed by atoms with van der Waals surface area (Å²) in [5.74, 6) is 1.81. The van der Waals surface area contributed by atoms with Crippen molar-refractivity contribution in [2.45, 2.75) is 57.5 Å². The minimum atomic E-state index is -1.44. The molecule has 172 valence electrons. The van der Waals surface area contributed by atoms with Gasteiger partial charge in [-0.05, 0) is 67.5 Å². The predicted molar refractivity (Wildman–Crippen MR) is 127 cm³/mol. The Morgan fingerprint density at radius 1 is 1.15 bits per heavy atom. The first-order valence-electron chi connectivity index (χ1n) is 11.7. The van der Waals surface area contributed by atoms with Gasteiger partial charge in [-0.2, -0.15) is 5.10 Å². The second-order valence-corrected chi connectivity index (χ2v) is 9.51. The number of nitrogen functional groups attached to an aromatic ring is 1. The van der Waals surface area contributed by atoms with Gasteiger partial charge in [-0.25, -0.2) is 9.37 Å². The number of anilines is 1. The van der Waals surface area contributed by atoms with Crippen LogP contribution in [0.15, 0.2) is 36.4 Å². The van der Waals surface area contributed by atoms with Crippen molar-refractivity contribution in [2.24, 2.45) is 0 Å². The molecule has 5 rings (SSSR count).